The van der Waals surface area contributed by atoms with E-state index in [2.05, 4.69) is 61.3 Å². The summed E-state index contributed by atoms with van der Waals surface area (Å²) in [4.78, 5) is 2.47. The van der Waals surface area contributed by atoms with Gasteiger partial charge in [0.15, 0.2) is 0 Å². The van der Waals surface area contributed by atoms with Crippen molar-refractivity contribution in [1.29, 1.82) is 0 Å². The third-order valence-corrected chi connectivity index (χ3v) is 5.01. The maximum Gasteiger partial charge on any atom is 0.0658 e. The highest BCUT2D eigenvalue weighted by atomic mass is 16.5. The average Bonchev–Trinajstić information content (AvgIpc) is 2.47. The summed E-state index contributed by atoms with van der Waals surface area (Å²) in [6.45, 7) is 3.90. The Hall–Kier alpha value is -1.64. The molecule has 4 rings (SSSR count). The predicted molar refractivity (Wildman–Crippen MR) is 87.4 cm³/mol. The molecule has 21 heavy (non-hydrogen) atoms. The van der Waals surface area contributed by atoms with Gasteiger partial charge in [0.2, 0.25) is 0 Å². The zero-order chi connectivity index (χ0) is 14.4. The first-order valence-corrected chi connectivity index (χ1v) is 7.73. The zero-order valence-corrected chi connectivity index (χ0v) is 12.7. The molecular weight excluding hydrogens is 258 g/mol. The van der Waals surface area contributed by atoms with Crippen LogP contribution < -0.4 is 0 Å². The van der Waals surface area contributed by atoms with Crippen LogP contribution >= 0.6 is 0 Å². The molecule has 0 aromatic heterocycles. The SMILES string of the molecule is Cc1ccc2ccccc2c1C1=CC2COCC(C1)N2C. The molecule has 2 heteroatoms. The molecule has 0 amide bonds. The normalized spacial score (nSPS) is 25.9. The number of hydrogen-bond donors (Lipinski definition) is 0. The van der Waals surface area contributed by atoms with Crippen LogP contribution in [0.15, 0.2) is 42.5 Å². The van der Waals surface area contributed by atoms with Crippen molar-refractivity contribution in [2.45, 2.75) is 25.4 Å². The predicted octanol–water partition coefficient (Wildman–Crippen LogP) is 3.63. The van der Waals surface area contributed by atoms with E-state index in [0.29, 0.717) is 12.1 Å². The molecule has 1 fully saturated rings. The number of benzene rings is 2. The number of nitrogens with zero attached hydrogens (tertiary/aromatic N) is 1. The molecular formula is C19H21NO. The topological polar surface area (TPSA) is 12.5 Å². The second-order valence-electron chi connectivity index (χ2n) is 6.30. The van der Waals surface area contributed by atoms with E-state index in [0.717, 1.165) is 19.6 Å². The van der Waals surface area contributed by atoms with E-state index < -0.39 is 0 Å². The van der Waals surface area contributed by atoms with Crippen molar-refractivity contribution in [2.75, 3.05) is 20.3 Å². The van der Waals surface area contributed by atoms with E-state index in [-0.39, 0.29) is 0 Å². The van der Waals surface area contributed by atoms with Gasteiger partial charge in [-0.15, -0.1) is 0 Å². The molecule has 2 unspecified atom stereocenters. The molecule has 1 saturated heterocycles. The van der Waals surface area contributed by atoms with Gasteiger partial charge >= 0.3 is 0 Å². The van der Waals surface area contributed by atoms with E-state index in [1.807, 2.05) is 0 Å². The summed E-state index contributed by atoms with van der Waals surface area (Å²) >= 11 is 0. The minimum atomic E-state index is 0.422. The van der Waals surface area contributed by atoms with Gasteiger partial charge in [0.25, 0.3) is 0 Å². The number of fused-ring (bicyclic) bond motifs is 3. The van der Waals surface area contributed by atoms with Gasteiger partial charge in [-0.1, -0.05) is 42.5 Å². The van der Waals surface area contributed by atoms with Gasteiger partial charge in [0.05, 0.1) is 19.3 Å². The molecule has 2 nitrogen and oxygen atoms in total. The molecule has 2 aromatic carbocycles. The highest BCUT2D eigenvalue weighted by Crippen LogP contribution is 2.36. The van der Waals surface area contributed by atoms with Crippen molar-refractivity contribution in [3.63, 3.8) is 0 Å². The summed E-state index contributed by atoms with van der Waals surface area (Å²) in [6.07, 6.45) is 3.51. The van der Waals surface area contributed by atoms with E-state index in [4.69, 9.17) is 4.74 Å². The number of morpholine rings is 1. The first-order chi connectivity index (χ1) is 10.2. The third-order valence-electron chi connectivity index (χ3n) is 5.01. The van der Waals surface area contributed by atoms with Crippen LogP contribution in [0.5, 0.6) is 0 Å². The molecule has 0 aliphatic carbocycles. The summed E-state index contributed by atoms with van der Waals surface area (Å²) in [6, 6.07) is 14.1. The van der Waals surface area contributed by atoms with Crippen LogP contribution in [0.3, 0.4) is 0 Å². The number of rotatable bonds is 1. The Labute approximate surface area is 126 Å². The molecule has 2 bridgehead atoms. The van der Waals surface area contributed by atoms with Crippen LogP contribution in [0.2, 0.25) is 0 Å². The molecule has 0 radical (unpaired) electrons. The maximum atomic E-state index is 5.72. The number of ether oxygens (including phenoxy) is 1. The number of aryl methyl sites for hydroxylation is 1. The van der Waals surface area contributed by atoms with Crippen molar-refractivity contribution in [1.82, 2.24) is 4.90 Å². The van der Waals surface area contributed by atoms with Crippen molar-refractivity contribution in [3.05, 3.63) is 53.6 Å². The largest absolute Gasteiger partial charge is 0.378 e. The van der Waals surface area contributed by atoms with Gasteiger partial charge in [-0.3, -0.25) is 4.90 Å². The first kappa shape index (κ1) is 13.1. The van der Waals surface area contributed by atoms with Crippen LogP contribution in [-0.4, -0.2) is 37.2 Å². The molecule has 2 aromatic rings. The molecule has 2 aliphatic rings. The Morgan fingerprint density at radius 3 is 2.81 bits per heavy atom. The molecule has 2 heterocycles. The lowest BCUT2D eigenvalue weighted by Crippen LogP contribution is -2.51. The van der Waals surface area contributed by atoms with E-state index in [1.54, 1.807) is 0 Å². The fourth-order valence-electron chi connectivity index (χ4n) is 3.75. The number of likely N-dealkylation sites (N-methyl/N-ethyl adjacent to an activating group) is 1. The minimum Gasteiger partial charge on any atom is -0.378 e. The maximum absolute atomic E-state index is 5.72. The van der Waals surface area contributed by atoms with Crippen LogP contribution in [0.25, 0.3) is 16.3 Å². The summed E-state index contributed by atoms with van der Waals surface area (Å²) in [7, 11) is 2.22. The van der Waals surface area contributed by atoms with Gasteiger partial charge < -0.3 is 4.74 Å². The summed E-state index contributed by atoms with van der Waals surface area (Å²) in [5, 5.41) is 2.71. The van der Waals surface area contributed by atoms with Gasteiger partial charge in [-0.2, -0.15) is 0 Å². The van der Waals surface area contributed by atoms with Crippen molar-refractivity contribution < 1.29 is 4.74 Å². The molecule has 0 N–H and O–H groups in total. The Morgan fingerprint density at radius 1 is 1.10 bits per heavy atom. The summed E-state index contributed by atoms with van der Waals surface area (Å²) in [5.41, 5.74) is 4.32. The van der Waals surface area contributed by atoms with Crippen molar-refractivity contribution >= 4 is 16.3 Å². The van der Waals surface area contributed by atoms with E-state index in [9.17, 15) is 0 Å². The second-order valence-corrected chi connectivity index (χ2v) is 6.30. The van der Waals surface area contributed by atoms with E-state index >= 15 is 0 Å². The third kappa shape index (κ3) is 2.10. The zero-order valence-electron chi connectivity index (χ0n) is 12.7. The average molecular weight is 279 g/mol. The quantitative estimate of drug-likeness (QED) is 0.790. The fraction of sp³-hybridized carbons (Fsp3) is 0.368. The Morgan fingerprint density at radius 2 is 1.95 bits per heavy atom. The van der Waals surface area contributed by atoms with Gasteiger partial charge in [0, 0.05) is 6.04 Å². The lowest BCUT2D eigenvalue weighted by atomic mass is 9.85. The molecule has 2 atom stereocenters. The second kappa shape index (κ2) is 4.97. The van der Waals surface area contributed by atoms with E-state index in [1.165, 1.54) is 27.5 Å². The monoisotopic (exact) mass is 279 g/mol. The van der Waals surface area contributed by atoms with Gasteiger partial charge in [-0.05, 0) is 47.9 Å². The fourth-order valence-corrected chi connectivity index (χ4v) is 3.75. The summed E-state index contributed by atoms with van der Waals surface area (Å²) in [5.74, 6) is 0. The molecule has 2 aliphatic heterocycles. The van der Waals surface area contributed by atoms with Gasteiger partial charge in [-0.25, -0.2) is 0 Å². The van der Waals surface area contributed by atoms with Crippen LogP contribution in [0, 0.1) is 6.92 Å². The lowest BCUT2D eigenvalue weighted by Gasteiger charge is -2.42. The van der Waals surface area contributed by atoms with Crippen LogP contribution in [0.4, 0.5) is 0 Å². The minimum absolute atomic E-state index is 0.422. The molecule has 108 valence electrons. The Bertz CT molecular complexity index is 719. The Balaban J connectivity index is 1.89. The highest BCUT2D eigenvalue weighted by molar-refractivity contribution is 5.95. The highest BCUT2D eigenvalue weighted by Gasteiger charge is 2.32. The smallest absolute Gasteiger partial charge is 0.0658 e. The van der Waals surface area contributed by atoms with Crippen molar-refractivity contribution in [3.8, 4) is 0 Å². The Kier molecular flexibility index (Phi) is 3.09. The molecule has 0 spiro atoms. The molecule has 0 saturated carbocycles. The van der Waals surface area contributed by atoms with Crippen LogP contribution in [-0.2, 0) is 4.74 Å². The summed E-state index contributed by atoms with van der Waals surface area (Å²) < 4.78 is 5.72. The lowest BCUT2D eigenvalue weighted by molar-refractivity contribution is -0.0221. The number of hydrogen-bond acceptors (Lipinski definition) is 2. The van der Waals surface area contributed by atoms with Gasteiger partial charge in [0.1, 0.15) is 0 Å². The van der Waals surface area contributed by atoms with Crippen molar-refractivity contribution in [2.24, 2.45) is 0 Å². The standard InChI is InChI=1S/C19H21NO/c1-13-7-8-14-5-3-4-6-18(14)19(13)15-9-16-11-21-12-17(10-15)20(16)2/h3-9,16-17H,10-12H2,1-2H3. The van der Waals surface area contributed by atoms with Crippen LogP contribution in [0.1, 0.15) is 17.5 Å². The first-order valence-electron chi connectivity index (χ1n) is 7.73.